The maximum atomic E-state index is 12.3. The summed E-state index contributed by atoms with van der Waals surface area (Å²) in [7, 11) is -4.28. The Morgan fingerprint density at radius 2 is 2.07 bits per heavy atom. The van der Waals surface area contributed by atoms with E-state index in [0.717, 1.165) is 10.4 Å². The number of nitriles is 1. The van der Waals surface area contributed by atoms with Gasteiger partial charge in [0.25, 0.3) is 10.1 Å². The molecular weight excluding hydrogens is 412 g/mol. The van der Waals surface area contributed by atoms with Crippen LogP contribution in [0.25, 0.3) is 10.4 Å². The molecule has 1 unspecified atom stereocenters. The van der Waals surface area contributed by atoms with Crippen LogP contribution in [0.3, 0.4) is 0 Å². The van der Waals surface area contributed by atoms with Gasteiger partial charge in [-0.3, -0.25) is 9.35 Å². The zero-order chi connectivity index (χ0) is 21.2. The van der Waals surface area contributed by atoms with Crippen molar-refractivity contribution in [2.45, 2.75) is 44.0 Å². The monoisotopic (exact) mass is 434 g/mol. The second kappa shape index (κ2) is 8.14. The lowest BCUT2D eigenvalue weighted by Crippen LogP contribution is -2.48. The van der Waals surface area contributed by atoms with E-state index in [0.29, 0.717) is 29.9 Å². The molecule has 1 aliphatic carbocycles. The quantitative estimate of drug-likeness (QED) is 0.643. The van der Waals surface area contributed by atoms with Crippen molar-refractivity contribution < 1.29 is 22.5 Å². The first-order chi connectivity index (χ1) is 13.7. The number of carbonyl (C=O) groups is 1. The Morgan fingerprint density at radius 1 is 1.38 bits per heavy atom. The molecule has 1 heterocycles. The molecule has 0 bridgehead atoms. The summed E-state index contributed by atoms with van der Waals surface area (Å²) >= 11 is 1.39. The van der Waals surface area contributed by atoms with Crippen LogP contribution in [-0.2, 0) is 14.9 Å². The van der Waals surface area contributed by atoms with Gasteiger partial charge in [-0.15, -0.1) is 11.3 Å². The molecule has 1 amide bonds. The van der Waals surface area contributed by atoms with E-state index >= 15 is 0 Å². The Hall–Kier alpha value is -2.41. The Bertz CT molecular complexity index is 1040. The van der Waals surface area contributed by atoms with Crippen molar-refractivity contribution in [2.75, 3.05) is 0 Å². The summed E-state index contributed by atoms with van der Waals surface area (Å²) in [5.74, 6) is -0.0717. The summed E-state index contributed by atoms with van der Waals surface area (Å²) in [4.78, 5) is 13.9. The molecule has 0 radical (unpaired) electrons. The number of rotatable bonds is 7. The Kier molecular flexibility index (Phi) is 5.98. The SMILES string of the molecule is CC(C[C@@]1(C(N)=O)CCC[C@H]1Oc1ccc(-c2ccc(C#N)s2)cc1)S(=O)(=O)O. The topological polar surface area (TPSA) is 130 Å². The molecule has 1 aromatic carbocycles. The van der Waals surface area contributed by atoms with Crippen LogP contribution in [0, 0.1) is 16.7 Å². The number of ether oxygens (including phenoxy) is 1. The van der Waals surface area contributed by atoms with Gasteiger partial charge in [0.1, 0.15) is 22.8 Å². The van der Waals surface area contributed by atoms with Gasteiger partial charge in [0.05, 0.1) is 10.7 Å². The summed E-state index contributed by atoms with van der Waals surface area (Å²) < 4.78 is 38.4. The summed E-state index contributed by atoms with van der Waals surface area (Å²) in [6, 6.07) is 13.0. The first kappa shape index (κ1) is 21.3. The number of amides is 1. The molecular formula is C20H22N2O5S2. The zero-order valence-electron chi connectivity index (χ0n) is 15.9. The molecule has 0 saturated heterocycles. The molecule has 0 aliphatic heterocycles. The molecule has 7 nitrogen and oxygen atoms in total. The van der Waals surface area contributed by atoms with Crippen molar-refractivity contribution in [1.29, 1.82) is 5.26 Å². The van der Waals surface area contributed by atoms with Crippen LogP contribution in [0.15, 0.2) is 36.4 Å². The molecule has 3 N–H and O–H groups in total. The van der Waals surface area contributed by atoms with Gasteiger partial charge in [-0.2, -0.15) is 13.7 Å². The van der Waals surface area contributed by atoms with Crippen LogP contribution in [-0.4, -0.2) is 30.2 Å². The minimum absolute atomic E-state index is 0.0873. The maximum Gasteiger partial charge on any atom is 0.267 e. The van der Waals surface area contributed by atoms with Crippen molar-refractivity contribution in [1.82, 2.24) is 0 Å². The van der Waals surface area contributed by atoms with E-state index in [1.165, 1.54) is 18.3 Å². The number of hydrogen-bond donors (Lipinski definition) is 2. The third-order valence-electron chi connectivity index (χ3n) is 5.49. The Labute approximate surface area is 173 Å². The zero-order valence-corrected chi connectivity index (χ0v) is 17.5. The van der Waals surface area contributed by atoms with Crippen LogP contribution in [0.5, 0.6) is 5.75 Å². The molecule has 3 rings (SSSR count). The Morgan fingerprint density at radius 3 is 2.62 bits per heavy atom. The van der Waals surface area contributed by atoms with Crippen LogP contribution >= 0.6 is 11.3 Å². The van der Waals surface area contributed by atoms with Crippen molar-refractivity contribution in [2.24, 2.45) is 11.1 Å². The lowest BCUT2D eigenvalue weighted by Gasteiger charge is -2.34. The second-order valence-electron chi connectivity index (χ2n) is 7.35. The first-order valence-corrected chi connectivity index (χ1v) is 11.5. The van der Waals surface area contributed by atoms with Gasteiger partial charge in [0, 0.05) is 4.88 Å². The number of hydrogen-bond acceptors (Lipinski definition) is 6. The number of primary amides is 1. The van der Waals surface area contributed by atoms with Gasteiger partial charge >= 0.3 is 0 Å². The second-order valence-corrected chi connectivity index (χ2v) is 10.3. The summed E-state index contributed by atoms with van der Waals surface area (Å²) in [6.07, 6.45) is 1.00. The average molecular weight is 435 g/mol. The van der Waals surface area contributed by atoms with E-state index in [4.69, 9.17) is 15.7 Å². The van der Waals surface area contributed by atoms with Crippen molar-refractivity contribution in [3.05, 3.63) is 41.3 Å². The third kappa shape index (κ3) is 4.45. The van der Waals surface area contributed by atoms with Gasteiger partial charge in [0.2, 0.25) is 5.91 Å². The van der Waals surface area contributed by atoms with E-state index in [9.17, 15) is 17.8 Å². The fourth-order valence-corrected chi connectivity index (χ4v) is 5.18. The number of nitrogens with zero attached hydrogens (tertiary/aromatic N) is 1. The van der Waals surface area contributed by atoms with Crippen molar-refractivity contribution in [3.8, 4) is 22.3 Å². The molecule has 3 atom stereocenters. The van der Waals surface area contributed by atoms with Gasteiger partial charge in [-0.05, 0) is 74.6 Å². The van der Waals surface area contributed by atoms with Gasteiger partial charge < -0.3 is 10.5 Å². The molecule has 2 aromatic rings. The van der Waals surface area contributed by atoms with E-state index < -0.39 is 32.8 Å². The highest BCUT2D eigenvalue weighted by Crippen LogP contribution is 2.45. The largest absolute Gasteiger partial charge is 0.489 e. The fraction of sp³-hybridized carbons (Fsp3) is 0.400. The van der Waals surface area contributed by atoms with Crippen LogP contribution in [0.1, 0.15) is 37.5 Å². The molecule has 9 heteroatoms. The fourth-order valence-electron chi connectivity index (χ4n) is 3.86. The number of carbonyl (C=O) groups excluding carboxylic acids is 1. The standard InChI is InChI=1S/C20H22N2O5S2/c1-13(29(24,25)26)11-20(19(22)23)10-2-3-18(20)27-15-6-4-14(5-7-15)17-9-8-16(12-21)28-17/h4-9,13,18H,2-3,10-11H2,1H3,(H2,22,23)(H,24,25,26)/t13?,18-,20+/m1/s1. The maximum absolute atomic E-state index is 12.3. The van der Waals surface area contributed by atoms with Gasteiger partial charge in [-0.1, -0.05) is 0 Å². The van der Waals surface area contributed by atoms with Crippen LogP contribution < -0.4 is 10.5 Å². The van der Waals surface area contributed by atoms with E-state index in [1.807, 2.05) is 18.2 Å². The van der Waals surface area contributed by atoms with Crippen molar-refractivity contribution in [3.63, 3.8) is 0 Å². The van der Waals surface area contributed by atoms with Crippen LogP contribution in [0.4, 0.5) is 0 Å². The summed E-state index contributed by atoms with van der Waals surface area (Å²) in [5.41, 5.74) is 5.46. The summed E-state index contributed by atoms with van der Waals surface area (Å²) in [6.45, 7) is 1.36. The lowest BCUT2D eigenvalue weighted by molar-refractivity contribution is -0.132. The van der Waals surface area contributed by atoms with E-state index in [1.54, 1.807) is 18.2 Å². The highest BCUT2D eigenvalue weighted by molar-refractivity contribution is 7.86. The number of thiophene rings is 1. The molecule has 1 saturated carbocycles. The van der Waals surface area contributed by atoms with Gasteiger partial charge in [0.15, 0.2) is 0 Å². The molecule has 1 aliphatic rings. The highest BCUT2D eigenvalue weighted by Gasteiger charge is 2.51. The normalized spacial score (nSPS) is 22.7. The van der Waals surface area contributed by atoms with Crippen molar-refractivity contribution >= 4 is 27.4 Å². The molecule has 154 valence electrons. The van der Waals surface area contributed by atoms with Crippen LogP contribution in [0.2, 0.25) is 0 Å². The lowest BCUT2D eigenvalue weighted by atomic mass is 9.78. The highest BCUT2D eigenvalue weighted by atomic mass is 32.2. The molecule has 1 fully saturated rings. The molecule has 29 heavy (non-hydrogen) atoms. The number of benzene rings is 1. The predicted octanol–water partition coefficient (Wildman–Crippen LogP) is 3.36. The third-order valence-corrected chi connectivity index (χ3v) is 7.71. The number of nitrogens with two attached hydrogens (primary N) is 1. The Balaban J connectivity index is 1.80. The van der Waals surface area contributed by atoms with E-state index in [-0.39, 0.29) is 6.42 Å². The minimum atomic E-state index is -4.28. The van der Waals surface area contributed by atoms with Gasteiger partial charge in [-0.25, -0.2) is 0 Å². The molecule has 0 spiro atoms. The first-order valence-electron chi connectivity index (χ1n) is 9.19. The smallest absolute Gasteiger partial charge is 0.267 e. The van der Waals surface area contributed by atoms with E-state index in [2.05, 4.69) is 6.07 Å². The summed E-state index contributed by atoms with van der Waals surface area (Å²) in [5, 5.41) is 7.84. The predicted molar refractivity (Wildman–Crippen MR) is 110 cm³/mol. The average Bonchev–Trinajstić information content (AvgIpc) is 3.30. The minimum Gasteiger partial charge on any atom is -0.489 e. The molecule has 1 aromatic heterocycles.